The SMILES string of the molecule is CN=C(NCCCNC(=O)c1occc1C)NCC(O)c1cc2ccccc2s1.I. The molecule has 0 spiro atoms. The Morgan fingerprint density at radius 3 is 2.67 bits per heavy atom. The number of aryl methyl sites for hydroxylation is 1. The van der Waals surface area contributed by atoms with Gasteiger partial charge in [-0.05, 0) is 36.9 Å². The van der Waals surface area contributed by atoms with Crippen molar-refractivity contribution in [3.8, 4) is 0 Å². The van der Waals surface area contributed by atoms with Crippen molar-refractivity contribution in [3.05, 3.63) is 58.9 Å². The third-order valence-electron chi connectivity index (χ3n) is 4.46. The molecular weight excluding hydrogens is 515 g/mol. The summed E-state index contributed by atoms with van der Waals surface area (Å²) >= 11 is 1.59. The van der Waals surface area contributed by atoms with Gasteiger partial charge in [-0.25, -0.2) is 0 Å². The number of hydrogen-bond donors (Lipinski definition) is 4. The number of carbonyl (C=O) groups excluding carboxylic acids is 1. The number of guanidine groups is 1. The maximum absolute atomic E-state index is 12.0. The van der Waals surface area contributed by atoms with Gasteiger partial charge in [-0.3, -0.25) is 9.79 Å². The van der Waals surface area contributed by atoms with Gasteiger partial charge in [0.1, 0.15) is 6.10 Å². The first-order valence-electron chi connectivity index (χ1n) is 9.52. The number of nitrogens with zero attached hydrogens (tertiary/aromatic N) is 1. The molecule has 0 bridgehead atoms. The van der Waals surface area contributed by atoms with Gasteiger partial charge >= 0.3 is 0 Å². The van der Waals surface area contributed by atoms with E-state index in [1.165, 1.54) is 6.26 Å². The number of benzene rings is 1. The number of hydrogen-bond acceptors (Lipinski definition) is 5. The molecule has 2 aromatic heterocycles. The summed E-state index contributed by atoms with van der Waals surface area (Å²) in [7, 11) is 1.68. The van der Waals surface area contributed by atoms with Crippen LogP contribution in [0.4, 0.5) is 0 Å². The van der Waals surface area contributed by atoms with Crippen LogP contribution in [0.5, 0.6) is 0 Å². The third-order valence-corrected chi connectivity index (χ3v) is 5.68. The number of furan rings is 1. The lowest BCUT2D eigenvalue weighted by Crippen LogP contribution is -2.40. The highest BCUT2D eigenvalue weighted by Crippen LogP contribution is 2.29. The number of nitrogens with one attached hydrogen (secondary N) is 3. The third kappa shape index (κ3) is 6.44. The van der Waals surface area contributed by atoms with Crippen LogP contribution >= 0.6 is 35.3 Å². The summed E-state index contributed by atoms with van der Waals surface area (Å²) in [4.78, 5) is 17.1. The minimum absolute atomic E-state index is 0. The van der Waals surface area contributed by atoms with Crippen molar-refractivity contribution in [3.63, 3.8) is 0 Å². The number of fused-ring (bicyclic) bond motifs is 1. The van der Waals surface area contributed by atoms with Gasteiger partial charge in [-0.2, -0.15) is 0 Å². The summed E-state index contributed by atoms with van der Waals surface area (Å²) in [6, 6.07) is 11.9. The van der Waals surface area contributed by atoms with Crippen LogP contribution in [-0.4, -0.2) is 43.7 Å². The molecule has 3 rings (SSSR count). The molecule has 9 heteroatoms. The topological polar surface area (TPSA) is 98.9 Å². The second-order valence-corrected chi connectivity index (χ2v) is 7.74. The zero-order valence-electron chi connectivity index (χ0n) is 17.0. The normalized spacial score (nSPS) is 12.3. The van der Waals surface area contributed by atoms with E-state index in [0.717, 1.165) is 26.9 Å². The molecule has 1 unspecified atom stereocenters. The maximum atomic E-state index is 12.0. The number of rotatable bonds is 8. The maximum Gasteiger partial charge on any atom is 0.287 e. The molecule has 2 heterocycles. The van der Waals surface area contributed by atoms with Crippen molar-refractivity contribution < 1.29 is 14.3 Å². The summed E-state index contributed by atoms with van der Waals surface area (Å²) in [6.45, 7) is 3.35. The zero-order valence-corrected chi connectivity index (χ0v) is 20.1. The molecular formula is C21H27IN4O3S. The molecule has 1 amide bonds. The van der Waals surface area contributed by atoms with Gasteiger partial charge in [0.15, 0.2) is 11.7 Å². The Hall–Kier alpha value is -2.11. The lowest BCUT2D eigenvalue weighted by atomic mass is 10.2. The molecule has 0 saturated heterocycles. The largest absolute Gasteiger partial charge is 0.459 e. The first-order valence-corrected chi connectivity index (χ1v) is 10.3. The van der Waals surface area contributed by atoms with Crippen LogP contribution in [0.2, 0.25) is 0 Å². The van der Waals surface area contributed by atoms with Crippen molar-refractivity contribution in [1.82, 2.24) is 16.0 Å². The Bertz CT molecular complexity index is 952. The summed E-state index contributed by atoms with van der Waals surface area (Å²) in [5.41, 5.74) is 0.822. The average molecular weight is 542 g/mol. The number of aliphatic hydroxyl groups is 1. The van der Waals surface area contributed by atoms with Crippen LogP contribution in [0.15, 0.2) is 52.1 Å². The Morgan fingerprint density at radius 1 is 1.20 bits per heavy atom. The highest BCUT2D eigenvalue weighted by Gasteiger charge is 2.13. The predicted octanol–water partition coefficient (Wildman–Crippen LogP) is 3.44. The number of amides is 1. The Morgan fingerprint density at radius 2 is 1.97 bits per heavy atom. The summed E-state index contributed by atoms with van der Waals surface area (Å²) < 4.78 is 6.33. The second kappa shape index (κ2) is 11.9. The second-order valence-electron chi connectivity index (χ2n) is 6.62. The fourth-order valence-electron chi connectivity index (χ4n) is 2.86. The highest BCUT2D eigenvalue weighted by molar-refractivity contribution is 14.0. The highest BCUT2D eigenvalue weighted by atomic mass is 127. The van der Waals surface area contributed by atoms with Crippen LogP contribution in [0.3, 0.4) is 0 Å². The van der Waals surface area contributed by atoms with Crippen molar-refractivity contribution in [1.29, 1.82) is 0 Å². The molecule has 0 fully saturated rings. The van der Waals surface area contributed by atoms with Crippen LogP contribution in [-0.2, 0) is 0 Å². The molecule has 0 aliphatic heterocycles. The number of carbonyl (C=O) groups is 1. The van der Waals surface area contributed by atoms with E-state index in [1.54, 1.807) is 24.5 Å². The minimum Gasteiger partial charge on any atom is -0.459 e. The van der Waals surface area contributed by atoms with Crippen LogP contribution in [0.1, 0.15) is 33.5 Å². The van der Waals surface area contributed by atoms with E-state index in [1.807, 2.05) is 31.2 Å². The molecule has 4 N–H and O–H groups in total. The van der Waals surface area contributed by atoms with E-state index in [2.05, 4.69) is 27.0 Å². The van der Waals surface area contributed by atoms with E-state index in [9.17, 15) is 9.90 Å². The van der Waals surface area contributed by atoms with Gasteiger partial charge in [-0.15, -0.1) is 35.3 Å². The van der Waals surface area contributed by atoms with E-state index in [0.29, 0.717) is 31.4 Å². The lowest BCUT2D eigenvalue weighted by Gasteiger charge is -2.14. The van der Waals surface area contributed by atoms with E-state index in [4.69, 9.17) is 4.42 Å². The summed E-state index contributed by atoms with van der Waals surface area (Å²) in [5.74, 6) is 0.755. The fraction of sp³-hybridized carbons (Fsp3) is 0.333. The minimum atomic E-state index is -0.609. The molecule has 162 valence electrons. The van der Waals surface area contributed by atoms with E-state index < -0.39 is 6.10 Å². The molecule has 0 aliphatic carbocycles. The zero-order chi connectivity index (χ0) is 20.6. The Kier molecular flexibility index (Phi) is 9.60. The van der Waals surface area contributed by atoms with Crippen molar-refractivity contribution in [2.24, 2.45) is 4.99 Å². The predicted molar refractivity (Wildman–Crippen MR) is 132 cm³/mol. The van der Waals surface area contributed by atoms with Crippen molar-refractivity contribution in [2.45, 2.75) is 19.4 Å². The van der Waals surface area contributed by atoms with Crippen LogP contribution < -0.4 is 16.0 Å². The standard InChI is InChI=1S/C21H26N4O3S.HI/c1-14-8-11-28-19(14)20(27)23-9-5-10-24-21(22-2)25-13-16(26)18-12-15-6-3-4-7-17(15)29-18;/h3-4,6-8,11-12,16,26H,5,9-10,13H2,1-2H3,(H,23,27)(H2,22,24,25);1H. The molecule has 3 aromatic rings. The van der Waals surface area contributed by atoms with Gasteiger partial charge in [0, 0.05) is 41.8 Å². The van der Waals surface area contributed by atoms with Crippen molar-refractivity contribution in [2.75, 3.05) is 26.7 Å². The fourth-order valence-corrected chi connectivity index (χ4v) is 3.91. The molecule has 1 aromatic carbocycles. The van der Waals surface area contributed by atoms with Gasteiger partial charge in [-0.1, -0.05) is 18.2 Å². The molecule has 30 heavy (non-hydrogen) atoms. The monoisotopic (exact) mass is 542 g/mol. The molecule has 0 radical (unpaired) electrons. The Labute approximate surface area is 197 Å². The quantitative estimate of drug-likeness (QED) is 0.151. The molecule has 7 nitrogen and oxygen atoms in total. The number of aliphatic hydroxyl groups excluding tert-OH is 1. The smallest absolute Gasteiger partial charge is 0.287 e. The first-order chi connectivity index (χ1) is 14.1. The van der Waals surface area contributed by atoms with Gasteiger partial charge < -0.3 is 25.5 Å². The number of aliphatic imine (C=N–C) groups is 1. The average Bonchev–Trinajstić information content (AvgIpc) is 3.35. The molecule has 0 aliphatic rings. The lowest BCUT2D eigenvalue weighted by molar-refractivity contribution is 0.0925. The summed E-state index contributed by atoms with van der Waals surface area (Å²) in [6.07, 6.45) is 1.63. The van der Waals surface area contributed by atoms with Crippen LogP contribution in [0, 0.1) is 6.92 Å². The number of halogens is 1. The Balaban J connectivity index is 0.00000320. The molecule has 0 saturated carbocycles. The van der Waals surface area contributed by atoms with Gasteiger partial charge in [0.05, 0.1) is 6.26 Å². The van der Waals surface area contributed by atoms with E-state index in [-0.39, 0.29) is 29.9 Å². The molecule has 1 atom stereocenters. The first kappa shape index (κ1) is 24.2. The van der Waals surface area contributed by atoms with Gasteiger partial charge in [0.25, 0.3) is 5.91 Å². The number of thiophene rings is 1. The van der Waals surface area contributed by atoms with Crippen LogP contribution in [0.25, 0.3) is 10.1 Å². The summed E-state index contributed by atoms with van der Waals surface area (Å²) in [5, 5.41) is 20.7. The van der Waals surface area contributed by atoms with Gasteiger partial charge in [0.2, 0.25) is 0 Å². The van der Waals surface area contributed by atoms with E-state index >= 15 is 0 Å². The van der Waals surface area contributed by atoms with Crippen molar-refractivity contribution >= 4 is 57.3 Å².